The second kappa shape index (κ2) is 56.2. The summed E-state index contributed by atoms with van der Waals surface area (Å²) in [7, 11) is 0. The summed E-state index contributed by atoms with van der Waals surface area (Å²) in [5.74, 6) is -0.0718. The van der Waals surface area contributed by atoms with Crippen molar-refractivity contribution in [2.75, 3.05) is 13.2 Å². The molecule has 66 heavy (non-hydrogen) atoms. The van der Waals surface area contributed by atoms with Gasteiger partial charge < -0.3 is 20.3 Å². The maximum Gasteiger partial charge on any atom is 0.305 e. The first-order chi connectivity index (χ1) is 32.5. The molecule has 0 bridgehead atoms. The van der Waals surface area contributed by atoms with E-state index in [-0.39, 0.29) is 18.5 Å². The van der Waals surface area contributed by atoms with Crippen LogP contribution < -0.4 is 5.32 Å². The number of unbranched alkanes of at least 4 members (excludes halogenated alkanes) is 43. The van der Waals surface area contributed by atoms with E-state index in [2.05, 4.69) is 31.3 Å². The third kappa shape index (κ3) is 52.0. The molecule has 0 aromatic carbocycles. The molecular weight excluding hydrogens is 815 g/mol. The van der Waals surface area contributed by atoms with E-state index in [1.807, 2.05) is 0 Å². The van der Waals surface area contributed by atoms with E-state index in [9.17, 15) is 19.8 Å². The smallest absolute Gasteiger partial charge is 0.305 e. The van der Waals surface area contributed by atoms with Crippen molar-refractivity contribution in [3.63, 3.8) is 0 Å². The number of ether oxygens (including phenoxy) is 1. The van der Waals surface area contributed by atoms with Crippen molar-refractivity contribution in [2.45, 2.75) is 347 Å². The van der Waals surface area contributed by atoms with Crippen LogP contribution in [0, 0.1) is 0 Å². The molecule has 1 amide bonds. The van der Waals surface area contributed by atoms with E-state index in [1.165, 1.54) is 244 Å². The third-order valence-electron chi connectivity index (χ3n) is 14.1. The zero-order valence-corrected chi connectivity index (χ0v) is 44.7. The zero-order valence-electron chi connectivity index (χ0n) is 44.7. The summed E-state index contributed by atoms with van der Waals surface area (Å²) in [6.45, 7) is 4.92. The van der Waals surface area contributed by atoms with Crippen molar-refractivity contribution in [1.82, 2.24) is 5.32 Å². The van der Waals surface area contributed by atoms with Crippen LogP contribution in [0.15, 0.2) is 12.2 Å². The van der Waals surface area contributed by atoms with Crippen LogP contribution >= 0.6 is 0 Å². The molecule has 0 spiro atoms. The van der Waals surface area contributed by atoms with Crippen LogP contribution in [0.3, 0.4) is 0 Å². The Kier molecular flexibility index (Phi) is 55.0. The lowest BCUT2D eigenvalue weighted by atomic mass is 10.0. The lowest BCUT2D eigenvalue weighted by Crippen LogP contribution is -2.45. The molecule has 0 fully saturated rings. The summed E-state index contributed by atoms with van der Waals surface area (Å²) in [6.07, 6.45) is 66.4. The molecular formula is C60H117NO5. The zero-order chi connectivity index (χ0) is 47.9. The number of rotatable bonds is 56. The average Bonchev–Trinajstić information content (AvgIpc) is 3.32. The first-order valence-corrected chi connectivity index (χ1v) is 29.9. The van der Waals surface area contributed by atoms with Gasteiger partial charge in [-0.3, -0.25) is 9.59 Å². The van der Waals surface area contributed by atoms with E-state index in [0.717, 1.165) is 57.8 Å². The highest BCUT2D eigenvalue weighted by Gasteiger charge is 2.20. The van der Waals surface area contributed by atoms with E-state index in [0.29, 0.717) is 25.9 Å². The quantitative estimate of drug-likeness (QED) is 0.0321. The van der Waals surface area contributed by atoms with Crippen molar-refractivity contribution in [2.24, 2.45) is 0 Å². The minimum absolute atomic E-state index is 0.0215. The summed E-state index contributed by atoms with van der Waals surface area (Å²) in [6, 6.07) is -0.556. The highest BCUT2D eigenvalue weighted by atomic mass is 16.5. The Labute approximate surface area is 412 Å². The minimum Gasteiger partial charge on any atom is -0.466 e. The molecule has 0 radical (unpaired) electrons. The Morgan fingerprint density at radius 3 is 1.09 bits per heavy atom. The molecule has 0 aromatic heterocycles. The number of aliphatic hydroxyl groups is 2. The Morgan fingerprint density at radius 1 is 0.409 bits per heavy atom. The van der Waals surface area contributed by atoms with Crippen LogP contribution in [0.2, 0.25) is 0 Å². The summed E-state index contributed by atoms with van der Waals surface area (Å²) in [4.78, 5) is 24.5. The number of nitrogens with one attached hydrogen (secondary N) is 1. The molecule has 2 unspecified atom stereocenters. The minimum atomic E-state index is -0.678. The van der Waals surface area contributed by atoms with E-state index < -0.39 is 12.1 Å². The fourth-order valence-electron chi connectivity index (χ4n) is 9.46. The molecule has 2 atom stereocenters. The van der Waals surface area contributed by atoms with Crippen molar-refractivity contribution in [3.8, 4) is 0 Å². The second-order valence-corrected chi connectivity index (χ2v) is 20.7. The van der Waals surface area contributed by atoms with Crippen molar-refractivity contribution >= 4 is 11.9 Å². The molecule has 0 saturated heterocycles. The monoisotopic (exact) mass is 932 g/mol. The number of allylic oxidation sites excluding steroid dienone is 2. The number of amides is 1. The van der Waals surface area contributed by atoms with Crippen molar-refractivity contribution < 1.29 is 24.5 Å². The molecule has 6 nitrogen and oxygen atoms in total. The average molecular weight is 933 g/mol. The van der Waals surface area contributed by atoms with Crippen LogP contribution in [0.5, 0.6) is 0 Å². The molecule has 0 aliphatic heterocycles. The van der Waals surface area contributed by atoms with Gasteiger partial charge in [0, 0.05) is 12.8 Å². The number of esters is 1. The van der Waals surface area contributed by atoms with Gasteiger partial charge in [-0.25, -0.2) is 0 Å². The van der Waals surface area contributed by atoms with Gasteiger partial charge in [-0.05, 0) is 51.4 Å². The van der Waals surface area contributed by atoms with E-state index >= 15 is 0 Å². The van der Waals surface area contributed by atoms with Gasteiger partial charge in [-0.1, -0.05) is 283 Å². The largest absolute Gasteiger partial charge is 0.466 e. The molecule has 0 aliphatic rings. The Balaban J connectivity index is 3.45. The summed E-state index contributed by atoms with van der Waals surface area (Å²) in [5, 5.41) is 23.4. The van der Waals surface area contributed by atoms with Crippen LogP contribution in [0.1, 0.15) is 335 Å². The molecule has 392 valence electrons. The number of carbonyl (C=O) groups excluding carboxylic acids is 2. The van der Waals surface area contributed by atoms with Gasteiger partial charge in [-0.15, -0.1) is 0 Å². The van der Waals surface area contributed by atoms with Crippen LogP contribution in [0.25, 0.3) is 0 Å². The molecule has 3 N–H and O–H groups in total. The molecule has 0 aromatic rings. The van der Waals surface area contributed by atoms with Crippen LogP contribution in [-0.2, 0) is 14.3 Å². The lowest BCUT2D eigenvalue weighted by molar-refractivity contribution is -0.143. The van der Waals surface area contributed by atoms with Gasteiger partial charge in [-0.2, -0.15) is 0 Å². The fourth-order valence-corrected chi connectivity index (χ4v) is 9.46. The SMILES string of the molecule is CCCCCC/C=C\CCCCCCCC(=O)OCCCCCCCCCCCCCC(=O)NC(CO)C(O)CCCCCCCCCCCCCCCCCCCCCCCCCCC. The summed E-state index contributed by atoms with van der Waals surface area (Å²) < 4.78 is 5.45. The predicted octanol–water partition coefficient (Wildman–Crippen LogP) is 18.5. The van der Waals surface area contributed by atoms with Gasteiger partial charge in [0.2, 0.25) is 5.91 Å². The first kappa shape index (κ1) is 64.6. The third-order valence-corrected chi connectivity index (χ3v) is 14.1. The predicted molar refractivity (Wildman–Crippen MR) is 287 cm³/mol. The second-order valence-electron chi connectivity index (χ2n) is 20.7. The van der Waals surface area contributed by atoms with Gasteiger partial charge >= 0.3 is 5.97 Å². The Bertz CT molecular complexity index is 986. The number of aliphatic hydroxyl groups excluding tert-OH is 2. The maximum atomic E-state index is 12.5. The Hall–Kier alpha value is -1.40. The van der Waals surface area contributed by atoms with Gasteiger partial charge in [0.25, 0.3) is 0 Å². The van der Waals surface area contributed by atoms with Gasteiger partial charge in [0.15, 0.2) is 0 Å². The summed E-state index contributed by atoms with van der Waals surface area (Å²) >= 11 is 0. The number of carbonyl (C=O) groups is 2. The molecule has 0 rings (SSSR count). The van der Waals surface area contributed by atoms with E-state index in [1.54, 1.807) is 0 Å². The van der Waals surface area contributed by atoms with Gasteiger partial charge in [0.05, 0.1) is 25.4 Å². The fraction of sp³-hybridized carbons (Fsp3) is 0.933. The normalized spacial score (nSPS) is 12.6. The molecule has 0 saturated carbocycles. The maximum absolute atomic E-state index is 12.5. The van der Waals surface area contributed by atoms with Crippen LogP contribution in [-0.4, -0.2) is 47.4 Å². The van der Waals surface area contributed by atoms with Crippen LogP contribution in [0.4, 0.5) is 0 Å². The van der Waals surface area contributed by atoms with Crippen molar-refractivity contribution in [1.29, 1.82) is 0 Å². The van der Waals surface area contributed by atoms with E-state index in [4.69, 9.17) is 4.74 Å². The highest BCUT2D eigenvalue weighted by molar-refractivity contribution is 5.76. The highest BCUT2D eigenvalue weighted by Crippen LogP contribution is 2.18. The number of hydrogen-bond donors (Lipinski definition) is 3. The Morgan fingerprint density at radius 2 is 0.712 bits per heavy atom. The molecule has 0 heterocycles. The summed E-state index contributed by atoms with van der Waals surface area (Å²) in [5.41, 5.74) is 0. The van der Waals surface area contributed by atoms with Gasteiger partial charge in [0.1, 0.15) is 0 Å². The lowest BCUT2D eigenvalue weighted by Gasteiger charge is -2.22. The molecule has 6 heteroatoms. The number of hydrogen-bond acceptors (Lipinski definition) is 5. The topological polar surface area (TPSA) is 95.9 Å². The first-order valence-electron chi connectivity index (χ1n) is 29.9. The van der Waals surface area contributed by atoms with Crippen molar-refractivity contribution in [3.05, 3.63) is 12.2 Å². The standard InChI is InChI=1S/C60H117NO5/c1-3-5-7-9-11-13-15-17-18-19-20-21-22-23-24-25-26-27-28-30-32-36-40-44-48-52-58(63)57(56-62)61-59(64)53-49-45-41-37-33-31-35-39-43-47-51-55-66-60(65)54-50-46-42-38-34-29-16-14-12-10-8-6-4-2/h14,16,57-58,62-63H,3-13,15,17-56H2,1-2H3,(H,61,64)/b16-14-. The molecule has 0 aliphatic carbocycles.